The van der Waals surface area contributed by atoms with Gasteiger partial charge in [0, 0.05) is 11.3 Å². The van der Waals surface area contributed by atoms with Crippen LogP contribution in [-0.4, -0.2) is 6.61 Å². The van der Waals surface area contributed by atoms with Gasteiger partial charge in [0.05, 0.1) is 18.0 Å². The Kier molecular flexibility index (Phi) is 6.55. The van der Waals surface area contributed by atoms with E-state index in [4.69, 9.17) is 10.5 Å². The number of hydrogen-bond acceptors (Lipinski definition) is 4. The summed E-state index contributed by atoms with van der Waals surface area (Å²) in [5, 5.41) is 8.49. The maximum atomic E-state index is 5.80. The molecule has 0 heterocycles. The summed E-state index contributed by atoms with van der Waals surface area (Å²) >= 11 is 0. The van der Waals surface area contributed by atoms with Gasteiger partial charge in [0.1, 0.15) is 5.76 Å². The second kappa shape index (κ2) is 8.87. The lowest BCUT2D eigenvalue weighted by Gasteiger charge is -2.09. The average Bonchev–Trinajstić information content (AvgIpc) is 2.60. The topological polar surface area (TPSA) is 60.0 Å². The van der Waals surface area contributed by atoms with E-state index in [0.29, 0.717) is 12.4 Å². The fourth-order valence-electron chi connectivity index (χ4n) is 2.18. The molecule has 0 saturated heterocycles. The Labute approximate surface area is 144 Å². The van der Waals surface area contributed by atoms with Crippen LogP contribution in [0.25, 0.3) is 5.76 Å². The van der Waals surface area contributed by atoms with Gasteiger partial charge in [0.2, 0.25) is 0 Å². The van der Waals surface area contributed by atoms with Crippen LogP contribution in [0.15, 0.2) is 59.3 Å². The van der Waals surface area contributed by atoms with Crippen LogP contribution in [0.2, 0.25) is 0 Å². The Bertz CT molecular complexity index is 705. The molecule has 2 aromatic carbocycles. The molecular weight excluding hydrogens is 298 g/mol. The van der Waals surface area contributed by atoms with E-state index >= 15 is 0 Å². The first-order valence-electron chi connectivity index (χ1n) is 8.30. The third-order valence-corrected chi connectivity index (χ3v) is 3.75. The third-order valence-electron chi connectivity index (χ3n) is 3.75. The van der Waals surface area contributed by atoms with E-state index in [9.17, 15) is 0 Å². The number of azo groups is 1. The number of nitrogens with zero attached hydrogens (tertiary/aromatic N) is 2. The summed E-state index contributed by atoms with van der Waals surface area (Å²) in [6, 6.07) is 13.3. The van der Waals surface area contributed by atoms with Crippen LogP contribution in [0, 0.1) is 6.92 Å². The molecular formula is C20H25N3O. The van der Waals surface area contributed by atoms with Crippen LogP contribution < -0.4 is 5.73 Å². The minimum atomic E-state index is 0.698. The van der Waals surface area contributed by atoms with Crippen molar-refractivity contribution < 1.29 is 4.74 Å². The van der Waals surface area contributed by atoms with Crippen molar-refractivity contribution in [1.82, 2.24) is 0 Å². The largest absolute Gasteiger partial charge is 0.494 e. The molecule has 0 aliphatic rings. The van der Waals surface area contributed by atoms with Gasteiger partial charge in [0.15, 0.2) is 0 Å². The van der Waals surface area contributed by atoms with E-state index in [2.05, 4.69) is 23.7 Å². The quantitative estimate of drug-likeness (QED) is 0.273. The lowest BCUT2D eigenvalue weighted by Crippen LogP contribution is -1.93. The highest BCUT2D eigenvalue weighted by Gasteiger charge is 2.01. The molecule has 0 spiro atoms. The molecule has 0 atom stereocenters. The van der Waals surface area contributed by atoms with Crippen LogP contribution in [0.5, 0.6) is 0 Å². The van der Waals surface area contributed by atoms with Crippen LogP contribution in [0.4, 0.5) is 17.1 Å². The maximum absolute atomic E-state index is 5.80. The van der Waals surface area contributed by atoms with Gasteiger partial charge >= 0.3 is 0 Å². The van der Waals surface area contributed by atoms with Crippen molar-refractivity contribution in [2.75, 3.05) is 12.3 Å². The van der Waals surface area contributed by atoms with Gasteiger partial charge in [-0.15, -0.1) is 0 Å². The van der Waals surface area contributed by atoms with E-state index in [1.54, 1.807) is 0 Å². The second-order valence-corrected chi connectivity index (χ2v) is 5.77. The van der Waals surface area contributed by atoms with Gasteiger partial charge < -0.3 is 10.5 Å². The van der Waals surface area contributed by atoms with Crippen molar-refractivity contribution in [3.8, 4) is 0 Å². The van der Waals surface area contributed by atoms with E-state index < -0.39 is 0 Å². The number of nitrogen functional groups attached to an aromatic ring is 1. The number of rotatable bonds is 8. The van der Waals surface area contributed by atoms with Crippen LogP contribution in [-0.2, 0) is 4.74 Å². The van der Waals surface area contributed by atoms with Crippen molar-refractivity contribution in [1.29, 1.82) is 0 Å². The molecule has 0 amide bonds. The summed E-state index contributed by atoms with van der Waals surface area (Å²) in [5.41, 5.74) is 10.1. The SMILES string of the molecule is C=C(OCCCCC)c1ccc(/N=N/c2ccc(N)c(C)c2)cc1. The van der Waals surface area contributed by atoms with Crippen molar-refractivity contribution in [2.45, 2.75) is 33.1 Å². The number of anilines is 1. The normalized spacial score (nSPS) is 10.9. The van der Waals surface area contributed by atoms with Crippen molar-refractivity contribution >= 4 is 22.8 Å². The molecule has 2 rings (SSSR count). The molecule has 2 N–H and O–H groups in total. The van der Waals surface area contributed by atoms with Crippen LogP contribution in [0.1, 0.15) is 37.3 Å². The monoisotopic (exact) mass is 323 g/mol. The summed E-state index contributed by atoms with van der Waals surface area (Å²) in [6.45, 7) is 8.82. The lowest BCUT2D eigenvalue weighted by molar-refractivity contribution is 0.268. The molecule has 0 bridgehead atoms. The summed E-state index contributed by atoms with van der Waals surface area (Å²) in [4.78, 5) is 0. The Morgan fingerprint density at radius 3 is 2.38 bits per heavy atom. The number of ether oxygens (including phenoxy) is 1. The summed E-state index contributed by atoms with van der Waals surface area (Å²) in [5.74, 6) is 0.698. The highest BCUT2D eigenvalue weighted by molar-refractivity contribution is 5.59. The Morgan fingerprint density at radius 1 is 1.04 bits per heavy atom. The fraction of sp³-hybridized carbons (Fsp3) is 0.300. The Morgan fingerprint density at radius 2 is 1.71 bits per heavy atom. The van der Waals surface area contributed by atoms with Gasteiger partial charge in [-0.1, -0.05) is 26.3 Å². The summed E-state index contributed by atoms with van der Waals surface area (Å²) in [7, 11) is 0. The van der Waals surface area contributed by atoms with Gasteiger partial charge in [0.25, 0.3) is 0 Å². The molecule has 2 aromatic rings. The minimum absolute atomic E-state index is 0.698. The zero-order valence-corrected chi connectivity index (χ0v) is 14.5. The van der Waals surface area contributed by atoms with Crippen LogP contribution >= 0.6 is 0 Å². The molecule has 0 saturated carbocycles. The number of aryl methyl sites for hydroxylation is 1. The molecule has 0 aliphatic heterocycles. The number of hydrogen-bond donors (Lipinski definition) is 1. The molecule has 24 heavy (non-hydrogen) atoms. The smallest absolute Gasteiger partial charge is 0.119 e. The average molecular weight is 323 g/mol. The molecule has 0 fully saturated rings. The van der Waals surface area contributed by atoms with Gasteiger partial charge in [-0.2, -0.15) is 10.2 Å². The van der Waals surface area contributed by atoms with Crippen molar-refractivity contribution in [3.05, 3.63) is 60.2 Å². The Balaban J connectivity index is 1.94. The predicted molar refractivity (Wildman–Crippen MR) is 101 cm³/mol. The standard InChI is InChI=1S/C20H25N3O/c1-4-5-6-13-24-16(3)17-7-9-18(10-8-17)22-23-19-11-12-20(21)15(2)14-19/h7-12,14H,3-6,13,21H2,1-2H3/b23-22+. The Hall–Kier alpha value is -2.62. The molecule has 0 radical (unpaired) electrons. The van der Waals surface area contributed by atoms with E-state index in [1.807, 2.05) is 49.4 Å². The third kappa shape index (κ3) is 5.23. The van der Waals surface area contributed by atoms with Gasteiger partial charge in [-0.25, -0.2) is 0 Å². The number of unbranched alkanes of at least 4 members (excludes halogenated alkanes) is 2. The van der Waals surface area contributed by atoms with E-state index in [-0.39, 0.29) is 0 Å². The molecule has 4 nitrogen and oxygen atoms in total. The highest BCUT2D eigenvalue weighted by Crippen LogP contribution is 2.23. The number of nitrogens with two attached hydrogens (primary N) is 1. The predicted octanol–water partition coefficient (Wildman–Crippen LogP) is 6.17. The van der Waals surface area contributed by atoms with Gasteiger partial charge in [-0.3, -0.25) is 0 Å². The highest BCUT2D eigenvalue weighted by atomic mass is 16.5. The number of benzene rings is 2. The van der Waals surface area contributed by atoms with E-state index in [1.165, 1.54) is 12.8 Å². The summed E-state index contributed by atoms with van der Waals surface area (Å²) < 4.78 is 5.66. The maximum Gasteiger partial charge on any atom is 0.119 e. The van der Waals surface area contributed by atoms with Crippen LogP contribution in [0.3, 0.4) is 0 Å². The lowest BCUT2D eigenvalue weighted by atomic mass is 10.2. The first-order valence-corrected chi connectivity index (χ1v) is 8.30. The molecule has 4 heteroatoms. The van der Waals surface area contributed by atoms with Gasteiger partial charge in [-0.05, 0) is 61.4 Å². The second-order valence-electron chi connectivity index (χ2n) is 5.77. The van der Waals surface area contributed by atoms with E-state index in [0.717, 1.165) is 34.6 Å². The molecule has 0 aromatic heterocycles. The first kappa shape index (κ1) is 17.7. The van der Waals surface area contributed by atoms with Crippen molar-refractivity contribution in [3.63, 3.8) is 0 Å². The minimum Gasteiger partial charge on any atom is -0.494 e. The zero-order valence-electron chi connectivity index (χ0n) is 14.5. The first-order chi connectivity index (χ1) is 11.6. The molecule has 126 valence electrons. The fourth-order valence-corrected chi connectivity index (χ4v) is 2.18. The molecule has 0 unspecified atom stereocenters. The van der Waals surface area contributed by atoms with Crippen molar-refractivity contribution in [2.24, 2.45) is 10.2 Å². The summed E-state index contributed by atoms with van der Waals surface area (Å²) in [6.07, 6.45) is 3.42. The molecule has 0 aliphatic carbocycles. The zero-order chi connectivity index (χ0) is 17.4.